The van der Waals surface area contributed by atoms with E-state index < -0.39 is 23.9 Å². The molecule has 1 aromatic carbocycles. The lowest BCUT2D eigenvalue weighted by atomic mass is 10.2. The molecule has 2 atom stereocenters. The number of benzene rings is 1. The number of esters is 1. The Labute approximate surface area is 171 Å². The van der Waals surface area contributed by atoms with E-state index in [2.05, 4.69) is 5.32 Å². The van der Waals surface area contributed by atoms with Gasteiger partial charge in [-0.25, -0.2) is 4.79 Å². The maximum absolute atomic E-state index is 12.3. The van der Waals surface area contributed by atoms with Crippen LogP contribution < -0.4 is 15.8 Å². The summed E-state index contributed by atoms with van der Waals surface area (Å²) in [6, 6.07) is 7.99. The third-order valence-electron chi connectivity index (χ3n) is 4.37. The minimum atomic E-state index is -1.05. The zero-order chi connectivity index (χ0) is 20.8. The molecule has 2 amide bonds. The van der Waals surface area contributed by atoms with Crippen LogP contribution in [0, 0.1) is 0 Å². The number of nitrogens with one attached hydrogen (secondary N) is 1. The Morgan fingerprint density at radius 3 is 2.69 bits per heavy atom. The Morgan fingerprint density at radius 1 is 1.28 bits per heavy atom. The van der Waals surface area contributed by atoms with Crippen molar-refractivity contribution in [3.05, 3.63) is 46.8 Å². The van der Waals surface area contributed by atoms with Gasteiger partial charge in [0.15, 0.2) is 6.10 Å². The molecule has 0 aliphatic carbocycles. The Kier molecular flexibility index (Phi) is 6.84. The van der Waals surface area contributed by atoms with Crippen LogP contribution in [0.15, 0.2) is 35.7 Å². The minimum Gasteiger partial charge on any atom is -0.491 e. The number of ether oxygens (including phenoxy) is 3. The van der Waals surface area contributed by atoms with E-state index in [-0.39, 0.29) is 11.7 Å². The number of hydrogen-bond donors (Lipinski definition) is 2. The van der Waals surface area contributed by atoms with Crippen molar-refractivity contribution in [3.63, 3.8) is 0 Å². The highest BCUT2D eigenvalue weighted by molar-refractivity contribution is 7.14. The summed E-state index contributed by atoms with van der Waals surface area (Å²) in [5.41, 5.74) is 5.75. The first-order chi connectivity index (χ1) is 13.9. The number of thiophene rings is 1. The molecule has 3 rings (SSSR count). The number of carbonyl (C=O) groups is 3. The SMILES string of the molecule is C[C@@H](OC(=O)c1ccc(OC[C@H]2CCCO2)cc1)C(=O)Nc1sccc1C(N)=O. The van der Waals surface area contributed by atoms with Crippen molar-refractivity contribution in [2.45, 2.75) is 32.0 Å². The number of hydrogen-bond acceptors (Lipinski definition) is 7. The van der Waals surface area contributed by atoms with Crippen LogP contribution in [0.25, 0.3) is 0 Å². The Bertz CT molecular complexity index is 873. The first-order valence-electron chi connectivity index (χ1n) is 9.17. The first kappa shape index (κ1) is 20.8. The van der Waals surface area contributed by atoms with Gasteiger partial charge in [0.1, 0.15) is 17.4 Å². The van der Waals surface area contributed by atoms with E-state index in [0.29, 0.717) is 22.9 Å². The molecular formula is C20H22N2O6S. The van der Waals surface area contributed by atoms with Gasteiger partial charge in [0.25, 0.3) is 11.8 Å². The molecule has 0 spiro atoms. The predicted octanol–water partition coefficient (Wildman–Crippen LogP) is 2.59. The van der Waals surface area contributed by atoms with E-state index in [9.17, 15) is 14.4 Å². The Balaban J connectivity index is 1.51. The van der Waals surface area contributed by atoms with Gasteiger partial charge in [0, 0.05) is 6.61 Å². The van der Waals surface area contributed by atoms with Crippen LogP contribution >= 0.6 is 11.3 Å². The summed E-state index contributed by atoms with van der Waals surface area (Å²) in [7, 11) is 0. The zero-order valence-electron chi connectivity index (χ0n) is 15.9. The highest BCUT2D eigenvalue weighted by Gasteiger charge is 2.21. The molecule has 0 bridgehead atoms. The molecule has 8 nitrogen and oxygen atoms in total. The summed E-state index contributed by atoms with van der Waals surface area (Å²) in [6.07, 6.45) is 1.08. The zero-order valence-corrected chi connectivity index (χ0v) is 16.7. The molecule has 1 fully saturated rings. The number of primary amides is 1. The van der Waals surface area contributed by atoms with Crippen molar-refractivity contribution in [1.82, 2.24) is 0 Å². The average molecular weight is 418 g/mol. The molecule has 29 heavy (non-hydrogen) atoms. The number of nitrogens with two attached hydrogens (primary N) is 1. The lowest BCUT2D eigenvalue weighted by molar-refractivity contribution is -0.123. The quantitative estimate of drug-likeness (QED) is 0.637. The van der Waals surface area contributed by atoms with E-state index in [4.69, 9.17) is 19.9 Å². The van der Waals surface area contributed by atoms with Gasteiger partial charge in [0.05, 0.1) is 17.2 Å². The van der Waals surface area contributed by atoms with Crippen molar-refractivity contribution in [2.75, 3.05) is 18.5 Å². The van der Waals surface area contributed by atoms with Crippen LogP contribution in [0.2, 0.25) is 0 Å². The summed E-state index contributed by atoms with van der Waals surface area (Å²) in [6.45, 7) is 2.68. The van der Waals surface area contributed by atoms with Crippen LogP contribution in [0.4, 0.5) is 5.00 Å². The van der Waals surface area contributed by atoms with Crippen LogP contribution in [0.3, 0.4) is 0 Å². The fraction of sp³-hybridized carbons (Fsp3) is 0.350. The summed E-state index contributed by atoms with van der Waals surface area (Å²) < 4.78 is 16.4. The minimum absolute atomic E-state index is 0.109. The van der Waals surface area contributed by atoms with Crippen molar-refractivity contribution >= 4 is 34.1 Å². The lowest BCUT2D eigenvalue weighted by Gasteiger charge is -2.14. The maximum Gasteiger partial charge on any atom is 0.338 e. The second-order valence-corrected chi connectivity index (χ2v) is 7.45. The molecular weight excluding hydrogens is 396 g/mol. The number of rotatable bonds is 8. The van der Waals surface area contributed by atoms with Crippen molar-refractivity contribution in [3.8, 4) is 5.75 Å². The molecule has 0 saturated carbocycles. The van der Waals surface area contributed by atoms with Crippen LogP contribution in [0.5, 0.6) is 5.75 Å². The average Bonchev–Trinajstić information content (AvgIpc) is 3.38. The molecule has 0 radical (unpaired) electrons. The molecule has 2 heterocycles. The lowest BCUT2D eigenvalue weighted by Crippen LogP contribution is -2.30. The highest BCUT2D eigenvalue weighted by atomic mass is 32.1. The monoisotopic (exact) mass is 418 g/mol. The van der Waals surface area contributed by atoms with Crippen molar-refractivity contribution in [2.24, 2.45) is 5.73 Å². The van der Waals surface area contributed by atoms with E-state index >= 15 is 0 Å². The third kappa shape index (κ3) is 5.55. The molecule has 1 aliphatic rings. The Morgan fingerprint density at radius 2 is 2.03 bits per heavy atom. The van der Waals surface area contributed by atoms with Gasteiger partial charge in [-0.15, -0.1) is 11.3 Å². The van der Waals surface area contributed by atoms with Crippen LogP contribution in [-0.2, 0) is 14.3 Å². The van der Waals surface area contributed by atoms with Gasteiger partial charge in [-0.2, -0.15) is 0 Å². The fourth-order valence-electron chi connectivity index (χ4n) is 2.75. The summed E-state index contributed by atoms with van der Waals surface area (Å²) in [5, 5.41) is 4.50. The van der Waals surface area contributed by atoms with E-state index in [1.165, 1.54) is 13.0 Å². The second-order valence-electron chi connectivity index (χ2n) is 6.53. The number of amides is 2. The third-order valence-corrected chi connectivity index (χ3v) is 5.20. The summed E-state index contributed by atoms with van der Waals surface area (Å²) >= 11 is 1.16. The first-order valence-corrected chi connectivity index (χ1v) is 10.1. The molecule has 1 aromatic heterocycles. The molecule has 154 valence electrons. The highest BCUT2D eigenvalue weighted by Crippen LogP contribution is 2.23. The fourth-order valence-corrected chi connectivity index (χ4v) is 3.54. The Hall–Kier alpha value is -2.91. The summed E-state index contributed by atoms with van der Waals surface area (Å²) in [4.78, 5) is 35.9. The molecule has 0 unspecified atom stereocenters. The van der Waals surface area contributed by atoms with Gasteiger partial charge in [-0.1, -0.05) is 0 Å². The second kappa shape index (κ2) is 9.53. The van der Waals surface area contributed by atoms with E-state index in [1.54, 1.807) is 29.6 Å². The van der Waals surface area contributed by atoms with E-state index in [1.807, 2.05) is 0 Å². The van der Waals surface area contributed by atoms with Gasteiger partial charge < -0.3 is 25.3 Å². The standard InChI is InChI=1S/C20H22N2O6S/c1-12(18(24)22-19-16(17(21)23)8-10-29-19)28-20(25)13-4-6-14(7-5-13)27-11-15-3-2-9-26-15/h4-8,10,12,15H,2-3,9,11H2,1H3,(H2,21,23)(H,22,24)/t12-,15-/m1/s1. The maximum atomic E-state index is 12.3. The summed E-state index contributed by atoms with van der Waals surface area (Å²) in [5.74, 6) is -1.22. The topological polar surface area (TPSA) is 117 Å². The van der Waals surface area contributed by atoms with Gasteiger partial charge >= 0.3 is 5.97 Å². The number of anilines is 1. The molecule has 2 aromatic rings. The van der Waals surface area contributed by atoms with Crippen molar-refractivity contribution < 1.29 is 28.6 Å². The van der Waals surface area contributed by atoms with Crippen molar-refractivity contribution in [1.29, 1.82) is 0 Å². The van der Waals surface area contributed by atoms with E-state index in [0.717, 1.165) is 30.8 Å². The van der Waals surface area contributed by atoms with Crippen LogP contribution in [0.1, 0.15) is 40.5 Å². The van der Waals surface area contributed by atoms with Gasteiger partial charge in [-0.3, -0.25) is 9.59 Å². The molecule has 3 N–H and O–H groups in total. The number of carbonyl (C=O) groups excluding carboxylic acids is 3. The normalized spacial score (nSPS) is 16.8. The molecule has 1 saturated heterocycles. The predicted molar refractivity (Wildman–Crippen MR) is 107 cm³/mol. The smallest absolute Gasteiger partial charge is 0.338 e. The van der Waals surface area contributed by atoms with Crippen LogP contribution in [-0.4, -0.2) is 43.2 Å². The largest absolute Gasteiger partial charge is 0.491 e. The molecule has 9 heteroatoms. The van der Waals surface area contributed by atoms with Gasteiger partial charge in [-0.05, 0) is 55.5 Å². The van der Waals surface area contributed by atoms with Gasteiger partial charge in [0.2, 0.25) is 0 Å². The molecule has 1 aliphatic heterocycles.